The molecule has 226 valence electrons. The van der Waals surface area contributed by atoms with E-state index in [0.29, 0.717) is 66.5 Å². The molecule has 0 atom stereocenters. The van der Waals surface area contributed by atoms with E-state index < -0.39 is 28.9 Å². The van der Waals surface area contributed by atoms with Crippen LogP contribution < -0.4 is 35.3 Å². The first-order valence-corrected chi connectivity index (χ1v) is 14.2. The lowest BCUT2D eigenvalue weighted by atomic mass is 10.0. The van der Waals surface area contributed by atoms with E-state index in [9.17, 15) is 14.0 Å². The maximum Gasteiger partial charge on any atom is 0.240 e. The predicted molar refractivity (Wildman–Crippen MR) is 156 cm³/mol. The Morgan fingerprint density at radius 1 is 0.841 bits per heavy atom. The quantitative estimate of drug-likeness (QED) is 0.220. The van der Waals surface area contributed by atoms with E-state index in [2.05, 4.69) is 15.6 Å². The highest BCUT2D eigenvalue weighted by Crippen LogP contribution is 2.50. The summed E-state index contributed by atoms with van der Waals surface area (Å²) in [6.45, 7) is 0.960. The summed E-state index contributed by atoms with van der Waals surface area (Å²) in [4.78, 5) is 30.3. The second-order valence-electron chi connectivity index (χ2n) is 11.3. The highest BCUT2D eigenvalue weighted by molar-refractivity contribution is 6.16. The zero-order valence-corrected chi connectivity index (χ0v) is 23.5. The van der Waals surface area contributed by atoms with Crippen LogP contribution in [-0.2, 0) is 9.59 Å². The van der Waals surface area contributed by atoms with Gasteiger partial charge in [0.15, 0.2) is 23.1 Å². The molecule has 12 heteroatoms. The smallest absolute Gasteiger partial charge is 0.240 e. The van der Waals surface area contributed by atoms with Crippen LogP contribution in [0.1, 0.15) is 25.7 Å². The van der Waals surface area contributed by atoms with E-state index in [1.165, 1.54) is 42.6 Å². The molecule has 4 N–H and O–H groups in total. The number of nitrogens with two attached hydrogens (primary N) is 1. The monoisotopic (exact) mass is 602 g/mol. The van der Waals surface area contributed by atoms with Gasteiger partial charge >= 0.3 is 0 Å². The molecular formula is C32H28F2N4O6. The van der Waals surface area contributed by atoms with Crippen LogP contribution >= 0.6 is 0 Å². The van der Waals surface area contributed by atoms with Crippen LogP contribution in [0.15, 0.2) is 60.8 Å². The Balaban J connectivity index is 1.09. The van der Waals surface area contributed by atoms with Gasteiger partial charge in [-0.1, -0.05) is 0 Å². The minimum absolute atomic E-state index is 0.102. The molecule has 10 nitrogen and oxygen atoms in total. The Labute approximate surface area is 250 Å². The van der Waals surface area contributed by atoms with Crippen molar-refractivity contribution in [3.63, 3.8) is 0 Å². The molecule has 44 heavy (non-hydrogen) atoms. The highest BCUT2D eigenvalue weighted by atomic mass is 19.1. The average molecular weight is 603 g/mol. The van der Waals surface area contributed by atoms with Crippen molar-refractivity contribution in [2.75, 3.05) is 30.5 Å². The Morgan fingerprint density at radius 3 is 2.20 bits per heavy atom. The number of halogens is 2. The minimum atomic E-state index is -1.29. The lowest BCUT2D eigenvalue weighted by Crippen LogP contribution is -2.35. The molecule has 2 amide bonds. The van der Waals surface area contributed by atoms with Crippen molar-refractivity contribution >= 4 is 34.1 Å². The fourth-order valence-electron chi connectivity index (χ4n) is 4.99. The largest absolute Gasteiger partial charge is 0.488 e. The molecule has 0 unspecified atom stereocenters. The summed E-state index contributed by atoms with van der Waals surface area (Å²) >= 11 is 0. The summed E-state index contributed by atoms with van der Waals surface area (Å²) in [5, 5.41) is 5.76. The van der Waals surface area contributed by atoms with Gasteiger partial charge in [-0.3, -0.25) is 14.6 Å². The fraction of sp³-hybridized carbons (Fsp3) is 0.281. The number of pyridine rings is 1. The topological polar surface area (TPSA) is 134 Å². The first-order valence-electron chi connectivity index (χ1n) is 14.2. The molecule has 3 aromatic carbocycles. The second kappa shape index (κ2) is 10.6. The van der Waals surface area contributed by atoms with Gasteiger partial charge in [0, 0.05) is 29.7 Å². The van der Waals surface area contributed by atoms with Crippen LogP contribution in [0.5, 0.6) is 28.7 Å². The number of carbonyl (C=O) groups excluding carboxylic acids is 2. The van der Waals surface area contributed by atoms with E-state index in [-0.39, 0.29) is 22.7 Å². The van der Waals surface area contributed by atoms with Gasteiger partial charge in [-0.15, -0.1) is 0 Å². The molecule has 0 bridgehead atoms. The predicted octanol–water partition coefficient (Wildman–Crippen LogP) is 5.30. The van der Waals surface area contributed by atoms with Crippen molar-refractivity contribution in [1.29, 1.82) is 0 Å². The lowest BCUT2D eigenvalue weighted by Gasteiger charge is -2.24. The normalized spacial score (nSPS) is 17.0. The highest BCUT2D eigenvalue weighted by Gasteiger charge is 2.56. The third-order valence-corrected chi connectivity index (χ3v) is 7.98. The number of nitrogens with zero attached hydrogens (tertiary/aromatic N) is 1. The van der Waals surface area contributed by atoms with Gasteiger partial charge in [-0.05, 0) is 68.1 Å². The molecule has 2 saturated carbocycles. The fourth-order valence-corrected chi connectivity index (χ4v) is 4.99. The van der Waals surface area contributed by atoms with Crippen molar-refractivity contribution in [2.45, 2.75) is 31.2 Å². The summed E-state index contributed by atoms with van der Waals surface area (Å²) in [5.74, 6) is -0.825. The molecule has 0 radical (unpaired) electrons. The van der Waals surface area contributed by atoms with E-state index in [1.807, 2.05) is 0 Å². The molecule has 2 heterocycles. The first-order chi connectivity index (χ1) is 21.2. The number of amides is 2. The zero-order valence-electron chi connectivity index (χ0n) is 23.5. The van der Waals surface area contributed by atoms with Crippen LogP contribution in [-0.4, -0.2) is 42.2 Å². The van der Waals surface area contributed by atoms with Gasteiger partial charge in [0.05, 0.1) is 16.4 Å². The summed E-state index contributed by atoms with van der Waals surface area (Å²) in [5.41, 5.74) is 5.60. The molecule has 1 aliphatic heterocycles. The van der Waals surface area contributed by atoms with Gasteiger partial charge in [0.1, 0.15) is 36.8 Å². The molecule has 4 aromatic rings. The number of hydrogen-bond donors (Lipinski definition) is 3. The number of fused-ring (bicyclic) bond motifs is 3. The number of rotatable bonds is 9. The van der Waals surface area contributed by atoms with Gasteiger partial charge in [-0.25, -0.2) is 8.78 Å². The van der Waals surface area contributed by atoms with Crippen LogP contribution in [0, 0.1) is 17.0 Å². The minimum Gasteiger partial charge on any atom is -0.488 e. The van der Waals surface area contributed by atoms with Crippen molar-refractivity contribution in [3.8, 4) is 28.7 Å². The zero-order chi connectivity index (χ0) is 30.5. The van der Waals surface area contributed by atoms with E-state index in [1.54, 1.807) is 12.1 Å². The third kappa shape index (κ3) is 5.32. The number of anilines is 2. The average Bonchev–Trinajstić information content (AvgIpc) is 3.96. The lowest BCUT2D eigenvalue weighted by molar-refractivity contribution is -0.131. The maximum atomic E-state index is 15.3. The van der Waals surface area contributed by atoms with Gasteiger partial charge in [-0.2, -0.15) is 0 Å². The van der Waals surface area contributed by atoms with Crippen molar-refractivity contribution in [1.82, 2.24) is 4.98 Å². The summed E-state index contributed by atoms with van der Waals surface area (Å²) in [6, 6.07) is 12.5. The molecule has 1 aromatic heterocycles. The Bertz CT molecular complexity index is 1790. The Kier molecular flexibility index (Phi) is 6.73. The number of ether oxygens (including phenoxy) is 4. The number of carbonyl (C=O) groups is 2. The van der Waals surface area contributed by atoms with Crippen molar-refractivity contribution in [3.05, 3.63) is 72.4 Å². The van der Waals surface area contributed by atoms with Crippen LogP contribution in [0.25, 0.3) is 10.9 Å². The first kappa shape index (κ1) is 27.8. The number of nitrogens with one attached hydrogen (secondary N) is 2. The molecule has 0 spiro atoms. The molecular weight excluding hydrogens is 574 g/mol. The van der Waals surface area contributed by atoms with Crippen LogP contribution in [0.4, 0.5) is 20.2 Å². The summed E-state index contributed by atoms with van der Waals surface area (Å²) < 4.78 is 52.3. The van der Waals surface area contributed by atoms with Crippen molar-refractivity contribution < 1.29 is 37.3 Å². The van der Waals surface area contributed by atoms with E-state index in [4.69, 9.17) is 24.7 Å². The molecule has 2 fully saturated rings. The van der Waals surface area contributed by atoms with Gasteiger partial charge in [0.25, 0.3) is 0 Å². The number of aromatic nitrogens is 1. The van der Waals surface area contributed by atoms with Crippen LogP contribution in [0.2, 0.25) is 0 Å². The van der Waals surface area contributed by atoms with Gasteiger partial charge < -0.3 is 35.3 Å². The van der Waals surface area contributed by atoms with E-state index >= 15 is 4.39 Å². The summed E-state index contributed by atoms with van der Waals surface area (Å²) in [6.07, 6.45) is 3.97. The summed E-state index contributed by atoms with van der Waals surface area (Å²) in [7, 11) is 0. The standard InChI is InChI=1S/C32H28F2N4O6/c33-18-1-3-19(4-2-18)37-29(39)32(10-11-32)30(40)38-20-5-6-23(21(34)15-20)44-24-7-12-36-22-16-25(43-17-31(35)8-9-31)27-28(26(22)24)42-14-13-41-27/h1-7,12,15-16H,8-11,13-14,17,35H2,(H,37,39)(H,38,40). The van der Waals surface area contributed by atoms with Gasteiger partial charge in [0.2, 0.25) is 17.6 Å². The maximum absolute atomic E-state index is 15.3. The molecule has 3 aliphatic rings. The van der Waals surface area contributed by atoms with E-state index in [0.717, 1.165) is 18.9 Å². The third-order valence-electron chi connectivity index (χ3n) is 7.98. The Morgan fingerprint density at radius 2 is 1.52 bits per heavy atom. The molecule has 7 rings (SSSR count). The number of benzene rings is 3. The molecule has 0 saturated heterocycles. The SMILES string of the molecule is NC1(COc2cc3nccc(Oc4ccc(NC(=O)C5(C(=O)Nc6ccc(F)cc6)CC5)cc4F)c3c3c2OCCO3)CC1. The van der Waals surface area contributed by atoms with Crippen LogP contribution in [0.3, 0.4) is 0 Å². The van der Waals surface area contributed by atoms with Crippen molar-refractivity contribution in [2.24, 2.45) is 11.1 Å². The molecule has 2 aliphatic carbocycles. The second-order valence-corrected chi connectivity index (χ2v) is 11.3. The Hall–Kier alpha value is -4.97. The number of hydrogen-bond acceptors (Lipinski definition) is 8.